The van der Waals surface area contributed by atoms with Crippen molar-refractivity contribution in [1.82, 2.24) is 4.98 Å². The summed E-state index contributed by atoms with van der Waals surface area (Å²) in [6.45, 7) is 0. The Hall–Kier alpha value is -1.42. The average molecular weight is 320 g/mol. The first-order chi connectivity index (χ1) is 9.16. The van der Waals surface area contributed by atoms with Gasteiger partial charge in [-0.1, -0.05) is 25.0 Å². The summed E-state index contributed by atoms with van der Waals surface area (Å²) in [7, 11) is 0. The first-order valence-corrected chi connectivity index (χ1v) is 7.28. The molecule has 2 aromatic rings. The maximum atomic E-state index is 11.5. The number of rotatable bonds is 2. The zero-order chi connectivity index (χ0) is 13.4. The second-order valence-corrected chi connectivity index (χ2v) is 5.87. The Bertz CT molecular complexity index is 648. The van der Waals surface area contributed by atoms with Gasteiger partial charge in [-0.3, -0.25) is 4.98 Å². The molecule has 1 aliphatic carbocycles. The van der Waals surface area contributed by atoms with E-state index in [0.717, 1.165) is 28.5 Å². The van der Waals surface area contributed by atoms with Crippen molar-refractivity contribution in [1.29, 1.82) is 0 Å². The lowest BCUT2D eigenvalue weighted by atomic mass is 9.99. The van der Waals surface area contributed by atoms with Gasteiger partial charge in [-0.05, 0) is 40.9 Å². The Kier molecular flexibility index (Phi) is 3.27. The molecular formula is C15H14BrNO2. The van der Waals surface area contributed by atoms with E-state index in [-0.39, 0.29) is 0 Å². The van der Waals surface area contributed by atoms with E-state index in [4.69, 9.17) is 0 Å². The molecule has 1 aromatic heterocycles. The van der Waals surface area contributed by atoms with Crippen molar-refractivity contribution < 1.29 is 9.90 Å². The third-order valence-corrected chi connectivity index (χ3v) is 4.45. The Morgan fingerprint density at radius 2 is 2.05 bits per heavy atom. The number of hydrogen-bond donors (Lipinski definition) is 1. The molecule has 4 heteroatoms. The fourth-order valence-electron chi connectivity index (χ4n) is 2.84. The highest BCUT2D eigenvalue weighted by molar-refractivity contribution is 9.10. The van der Waals surface area contributed by atoms with Gasteiger partial charge in [0.1, 0.15) is 0 Å². The minimum absolute atomic E-state index is 0.355. The van der Waals surface area contributed by atoms with Crippen LogP contribution in [0.1, 0.15) is 47.7 Å². The van der Waals surface area contributed by atoms with Crippen LogP contribution in [0.15, 0.2) is 28.7 Å². The minimum atomic E-state index is -0.884. The smallest absolute Gasteiger partial charge is 0.336 e. The third kappa shape index (κ3) is 2.25. The van der Waals surface area contributed by atoms with Crippen LogP contribution in [0, 0.1) is 0 Å². The zero-order valence-corrected chi connectivity index (χ0v) is 12.0. The molecule has 0 saturated heterocycles. The van der Waals surface area contributed by atoms with E-state index in [9.17, 15) is 9.90 Å². The number of carboxylic acid groups (broad SMARTS) is 1. The van der Waals surface area contributed by atoms with E-state index >= 15 is 0 Å². The highest BCUT2D eigenvalue weighted by atomic mass is 79.9. The van der Waals surface area contributed by atoms with Gasteiger partial charge in [0.15, 0.2) is 0 Å². The standard InChI is InChI=1S/C15H14BrNO2/c16-12-7-3-6-10-11(15(18)19)8-13(17-14(10)12)9-4-1-2-5-9/h3,6-9H,1-2,4-5H2,(H,18,19). The molecule has 19 heavy (non-hydrogen) atoms. The molecule has 0 bridgehead atoms. The molecule has 1 heterocycles. The van der Waals surface area contributed by atoms with Gasteiger partial charge in [0, 0.05) is 21.5 Å². The number of benzene rings is 1. The van der Waals surface area contributed by atoms with Crippen LogP contribution in [-0.4, -0.2) is 16.1 Å². The number of para-hydroxylation sites is 1. The van der Waals surface area contributed by atoms with Crippen LogP contribution in [0.25, 0.3) is 10.9 Å². The molecule has 0 radical (unpaired) electrons. The van der Waals surface area contributed by atoms with Gasteiger partial charge in [0.05, 0.1) is 11.1 Å². The topological polar surface area (TPSA) is 50.2 Å². The number of fused-ring (bicyclic) bond motifs is 1. The summed E-state index contributed by atoms with van der Waals surface area (Å²) in [6.07, 6.45) is 4.65. The molecule has 0 atom stereocenters. The lowest BCUT2D eigenvalue weighted by Gasteiger charge is -2.12. The van der Waals surface area contributed by atoms with Crippen LogP contribution in [0.4, 0.5) is 0 Å². The van der Waals surface area contributed by atoms with Crippen molar-refractivity contribution in [2.75, 3.05) is 0 Å². The Morgan fingerprint density at radius 1 is 1.32 bits per heavy atom. The van der Waals surface area contributed by atoms with E-state index in [1.54, 1.807) is 6.07 Å². The Morgan fingerprint density at radius 3 is 2.74 bits per heavy atom. The number of aromatic carboxylic acids is 1. The van der Waals surface area contributed by atoms with Crippen molar-refractivity contribution in [2.24, 2.45) is 0 Å². The molecular weight excluding hydrogens is 306 g/mol. The van der Waals surface area contributed by atoms with Gasteiger partial charge in [0.25, 0.3) is 0 Å². The summed E-state index contributed by atoms with van der Waals surface area (Å²) < 4.78 is 0.854. The molecule has 0 unspecified atom stereocenters. The highest BCUT2D eigenvalue weighted by Gasteiger charge is 2.21. The van der Waals surface area contributed by atoms with E-state index in [2.05, 4.69) is 20.9 Å². The van der Waals surface area contributed by atoms with Gasteiger partial charge in [-0.25, -0.2) is 4.79 Å². The lowest BCUT2D eigenvalue weighted by Crippen LogP contribution is -2.04. The fraction of sp³-hybridized carbons (Fsp3) is 0.333. The zero-order valence-electron chi connectivity index (χ0n) is 10.4. The number of carbonyl (C=O) groups is 1. The SMILES string of the molecule is O=C(O)c1cc(C2CCCC2)nc2c(Br)cccc12. The predicted octanol–water partition coefficient (Wildman–Crippen LogP) is 4.35. The first-order valence-electron chi connectivity index (χ1n) is 6.49. The number of carboxylic acids is 1. The van der Waals surface area contributed by atoms with E-state index < -0.39 is 5.97 Å². The van der Waals surface area contributed by atoms with Gasteiger partial charge >= 0.3 is 5.97 Å². The fourth-order valence-corrected chi connectivity index (χ4v) is 3.30. The summed E-state index contributed by atoms with van der Waals surface area (Å²) in [6, 6.07) is 7.32. The number of nitrogens with zero attached hydrogens (tertiary/aromatic N) is 1. The van der Waals surface area contributed by atoms with Gasteiger partial charge in [-0.2, -0.15) is 0 Å². The summed E-state index contributed by atoms with van der Waals surface area (Å²) >= 11 is 3.47. The molecule has 1 fully saturated rings. The first kappa shape index (κ1) is 12.6. The van der Waals surface area contributed by atoms with Gasteiger partial charge < -0.3 is 5.11 Å². The molecule has 1 aromatic carbocycles. The number of halogens is 1. The van der Waals surface area contributed by atoms with Crippen molar-refractivity contribution in [3.05, 3.63) is 40.0 Å². The monoisotopic (exact) mass is 319 g/mol. The van der Waals surface area contributed by atoms with Gasteiger partial charge in [0.2, 0.25) is 0 Å². The lowest BCUT2D eigenvalue weighted by molar-refractivity contribution is 0.0699. The normalized spacial score (nSPS) is 16.1. The summed E-state index contributed by atoms with van der Waals surface area (Å²) in [5.74, 6) is -0.473. The van der Waals surface area contributed by atoms with Crippen LogP contribution < -0.4 is 0 Å². The largest absolute Gasteiger partial charge is 0.478 e. The molecule has 98 valence electrons. The summed E-state index contributed by atoms with van der Waals surface area (Å²) in [5.41, 5.74) is 2.03. The molecule has 0 spiro atoms. The molecule has 0 aliphatic heterocycles. The Balaban J connectivity index is 2.25. The highest BCUT2D eigenvalue weighted by Crippen LogP contribution is 2.35. The summed E-state index contributed by atoms with van der Waals surface area (Å²) in [5, 5.41) is 10.1. The predicted molar refractivity (Wildman–Crippen MR) is 77.6 cm³/mol. The molecule has 3 nitrogen and oxygen atoms in total. The molecule has 1 N–H and O–H groups in total. The quantitative estimate of drug-likeness (QED) is 0.895. The second-order valence-electron chi connectivity index (χ2n) is 5.02. The van der Waals surface area contributed by atoms with Crippen molar-refractivity contribution in [3.8, 4) is 0 Å². The van der Waals surface area contributed by atoms with Crippen LogP contribution >= 0.6 is 15.9 Å². The van der Waals surface area contributed by atoms with Crippen LogP contribution in [0.5, 0.6) is 0 Å². The second kappa shape index (κ2) is 4.93. The molecule has 0 amide bonds. The van der Waals surface area contributed by atoms with E-state index in [0.29, 0.717) is 16.9 Å². The third-order valence-electron chi connectivity index (χ3n) is 3.81. The number of hydrogen-bond acceptors (Lipinski definition) is 2. The Labute approximate surface area is 119 Å². The molecule has 3 rings (SSSR count). The van der Waals surface area contributed by atoms with Crippen molar-refractivity contribution in [3.63, 3.8) is 0 Å². The number of aromatic nitrogens is 1. The molecule has 1 aliphatic rings. The summed E-state index contributed by atoms with van der Waals surface area (Å²) in [4.78, 5) is 16.1. The minimum Gasteiger partial charge on any atom is -0.478 e. The van der Waals surface area contributed by atoms with Crippen LogP contribution in [-0.2, 0) is 0 Å². The van der Waals surface area contributed by atoms with Gasteiger partial charge in [-0.15, -0.1) is 0 Å². The van der Waals surface area contributed by atoms with Crippen molar-refractivity contribution in [2.45, 2.75) is 31.6 Å². The maximum absolute atomic E-state index is 11.5. The molecule has 1 saturated carbocycles. The van der Waals surface area contributed by atoms with Crippen LogP contribution in [0.3, 0.4) is 0 Å². The maximum Gasteiger partial charge on any atom is 0.336 e. The van der Waals surface area contributed by atoms with E-state index in [1.165, 1.54) is 12.8 Å². The number of pyridine rings is 1. The van der Waals surface area contributed by atoms with E-state index in [1.807, 2.05) is 18.2 Å². The average Bonchev–Trinajstić information content (AvgIpc) is 2.92. The van der Waals surface area contributed by atoms with Crippen LogP contribution in [0.2, 0.25) is 0 Å². The van der Waals surface area contributed by atoms with Crippen molar-refractivity contribution >= 4 is 32.8 Å².